The minimum absolute atomic E-state index is 0.0537. The molecule has 0 aromatic heterocycles. The molecule has 1 aromatic rings. The van der Waals surface area contributed by atoms with Gasteiger partial charge in [0.15, 0.2) is 0 Å². The first-order valence-corrected chi connectivity index (χ1v) is 6.15. The molecule has 102 valence electrons. The van der Waals surface area contributed by atoms with E-state index in [1.54, 1.807) is 0 Å². The van der Waals surface area contributed by atoms with Crippen LogP contribution >= 0.6 is 0 Å². The number of para-hydroxylation sites is 1. The van der Waals surface area contributed by atoms with Gasteiger partial charge in [0.25, 0.3) is 5.91 Å². The maximum absolute atomic E-state index is 12.2. The van der Waals surface area contributed by atoms with E-state index in [-0.39, 0.29) is 18.5 Å². The lowest BCUT2D eigenvalue weighted by Crippen LogP contribution is -2.49. The fourth-order valence-electron chi connectivity index (χ4n) is 2.41. The largest absolute Gasteiger partial charge is 0.467 e. The second-order valence-corrected chi connectivity index (χ2v) is 4.40. The quantitative estimate of drug-likeness (QED) is 0.768. The highest BCUT2D eigenvalue weighted by Crippen LogP contribution is 2.31. The highest BCUT2D eigenvalue weighted by molar-refractivity contribution is 6.01. The lowest BCUT2D eigenvalue weighted by molar-refractivity contribution is -0.144. The van der Waals surface area contributed by atoms with Crippen LogP contribution in [0.5, 0.6) is 0 Å². The van der Waals surface area contributed by atoms with E-state index in [1.807, 2.05) is 24.3 Å². The normalized spacial score (nSPS) is 17.8. The number of rotatable bonds is 3. The average molecular weight is 263 g/mol. The summed E-state index contributed by atoms with van der Waals surface area (Å²) in [5.74, 6) is -0.621. The zero-order valence-corrected chi connectivity index (χ0v) is 11.1. The molecule has 0 saturated heterocycles. The maximum atomic E-state index is 12.2. The molecule has 1 amide bonds. The lowest BCUT2D eigenvalue weighted by Gasteiger charge is -2.35. The number of carbonyl (C=O) groups is 2. The minimum Gasteiger partial charge on any atom is -0.467 e. The molecule has 0 radical (unpaired) electrons. The van der Waals surface area contributed by atoms with Gasteiger partial charge in [0.1, 0.15) is 12.6 Å². The number of methoxy groups -OCH3 is 2. The Bertz CT molecular complexity index is 486. The third kappa shape index (κ3) is 2.61. The van der Waals surface area contributed by atoms with Crippen LogP contribution in [-0.2, 0) is 25.5 Å². The van der Waals surface area contributed by atoms with Crippen molar-refractivity contribution in [3.63, 3.8) is 0 Å². The third-order valence-electron chi connectivity index (χ3n) is 3.26. The fraction of sp³-hybridized carbons (Fsp3) is 0.429. The number of esters is 1. The van der Waals surface area contributed by atoms with Crippen molar-refractivity contribution in [2.75, 3.05) is 25.7 Å². The molecule has 0 N–H and O–H groups in total. The number of hydrogen-bond acceptors (Lipinski definition) is 4. The summed E-state index contributed by atoms with van der Waals surface area (Å²) in [5.41, 5.74) is 1.83. The van der Waals surface area contributed by atoms with Gasteiger partial charge in [0.2, 0.25) is 0 Å². The van der Waals surface area contributed by atoms with Crippen LogP contribution in [0.3, 0.4) is 0 Å². The Balaban J connectivity index is 2.39. The Labute approximate surface area is 112 Å². The van der Waals surface area contributed by atoms with Crippen molar-refractivity contribution >= 4 is 17.6 Å². The second kappa shape index (κ2) is 5.84. The summed E-state index contributed by atoms with van der Waals surface area (Å²) in [6, 6.07) is 7.03. The van der Waals surface area contributed by atoms with Crippen LogP contribution in [0.25, 0.3) is 0 Å². The molecule has 5 heteroatoms. The van der Waals surface area contributed by atoms with Crippen molar-refractivity contribution in [3.8, 4) is 0 Å². The van der Waals surface area contributed by atoms with Gasteiger partial charge in [-0.2, -0.15) is 0 Å². The molecule has 1 aliphatic heterocycles. The lowest BCUT2D eigenvalue weighted by atomic mass is 9.95. The number of anilines is 1. The molecule has 0 aliphatic carbocycles. The number of fused-ring (bicyclic) bond motifs is 1. The van der Waals surface area contributed by atoms with E-state index >= 15 is 0 Å². The van der Waals surface area contributed by atoms with Gasteiger partial charge in [-0.15, -0.1) is 0 Å². The zero-order chi connectivity index (χ0) is 13.8. The zero-order valence-electron chi connectivity index (χ0n) is 11.1. The number of hydrogen-bond donors (Lipinski definition) is 0. The Kier molecular flexibility index (Phi) is 4.16. The number of amides is 1. The molecule has 0 bridgehead atoms. The summed E-state index contributed by atoms with van der Waals surface area (Å²) in [5, 5.41) is 0. The van der Waals surface area contributed by atoms with Crippen LogP contribution in [0.4, 0.5) is 5.69 Å². The predicted molar refractivity (Wildman–Crippen MR) is 69.9 cm³/mol. The second-order valence-electron chi connectivity index (χ2n) is 4.40. The van der Waals surface area contributed by atoms with E-state index in [1.165, 1.54) is 19.1 Å². The topological polar surface area (TPSA) is 55.8 Å². The molecule has 0 fully saturated rings. The van der Waals surface area contributed by atoms with Crippen molar-refractivity contribution in [1.82, 2.24) is 0 Å². The molecule has 0 spiro atoms. The van der Waals surface area contributed by atoms with Crippen LogP contribution in [-0.4, -0.2) is 38.7 Å². The number of aryl methyl sites for hydroxylation is 1. The highest BCUT2D eigenvalue weighted by Gasteiger charge is 2.35. The van der Waals surface area contributed by atoms with Gasteiger partial charge >= 0.3 is 5.97 Å². The Morgan fingerprint density at radius 3 is 2.74 bits per heavy atom. The van der Waals surface area contributed by atoms with Gasteiger partial charge in [-0.25, -0.2) is 4.79 Å². The van der Waals surface area contributed by atoms with E-state index in [0.717, 1.165) is 17.7 Å². The molecule has 5 nitrogen and oxygen atoms in total. The van der Waals surface area contributed by atoms with Crippen molar-refractivity contribution in [3.05, 3.63) is 29.8 Å². The van der Waals surface area contributed by atoms with E-state index < -0.39 is 6.04 Å². The Morgan fingerprint density at radius 1 is 1.32 bits per heavy atom. The molecular formula is C14H17NO4. The summed E-state index contributed by atoms with van der Waals surface area (Å²) in [7, 11) is 2.79. The predicted octanol–water partition coefficient (Wildman–Crippen LogP) is 1.15. The van der Waals surface area contributed by atoms with Crippen molar-refractivity contribution in [1.29, 1.82) is 0 Å². The number of carbonyl (C=O) groups excluding carboxylic acids is 2. The van der Waals surface area contributed by atoms with Crippen LogP contribution < -0.4 is 4.90 Å². The number of nitrogens with zero attached hydrogens (tertiary/aromatic N) is 1. The van der Waals surface area contributed by atoms with Gasteiger partial charge in [-0.3, -0.25) is 9.69 Å². The Hall–Kier alpha value is -1.88. The first-order chi connectivity index (χ1) is 9.19. The summed E-state index contributed by atoms with van der Waals surface area (Å²) in [6.45, 7) is -0.0537. The average Bonchev–Trinajstić information content (AvgIpc) is 2.45. The van der Waals surface area contributed by atoms with E-state index in [2.05, 4.69) is 0 Å². The first-order valence-electron chi connectivity index (χ1n) is 6.15. The molecule has 1 heterocycles. The molecule has 1 aliphatic rings. The summed E-state index contributed by atoms with van der Waals surface area (Å²) < 4.78 is 9.68. The molecule has 19 heavy (non-hydrogen) atoms. The standard InChI is InChI=1S/C14H17NO4/c1-18-9-13(16)15-11-6-4-3-5-10(11)7-8-12(15)14(17)19-2/h3-6,12H,7-9H2,1-2H3/t12-/m1/s1. The number of ether oxygens (including phenoxy) is 2. The van der Waals surface area contributed by atoms with E-state index in [4.69, 9.17) is 9.47 Å². The third-order valence-corrected chi connectivity index (χ3v) is 3.26. The van der Waals surface area contributed by atoms with E-state index in [0.29, 0.717) is 6.42 Å². The van der Waals surface area contributed by atoms with Crippen molar-refractivity contribution < 1.29 is 19.1 Å². The molecule has 1 atom stereocenters. The van der Waals surface area contributed by atoms with Crippen LogP contribution in [0, 0.1) is 0 Å². The summed E-state index contributed by atoms with van der Waals surface area (Å²) >= 11 is 0. The minimum atomic E-state index is -0.567. The fourth-order valence-corrected chi connectivity index (χ4v) is 2.41. The smallest absolute Gasteiger partial charge is 0.328 e. The molecule has 0 saturated carbocycles. The SMILES string of the molecule is COCC(=O)N1c2ccccc2CC[C@@H]1C(=O)OC. The molecule has 0 unspecified atom stereocenters. The molecule has 1 aromatic carbocycles. The maximum Gasteiger partial charge on any atom is 0.328 e. The van der Waals surface area contributed by atoms with Crippen LogP contribution in [0.15, 0.2) is 24.3 Å². The molecule has 2 rings (SSSR count). The summed E-state index contributed by atoms with van der Waals surface area (Å²) in [6.07, 6.45) is 1.33. The van der Waals surface area contributed by atoms with Crippen molar-refractivity contribution in [2.45, 2.75) is 18.9 Å². The molecular weight excluding hydrogens is 246 g/mol. The first kappa shape index (κ1) is 13.5. The highest BCUT2D eigenvalue weighted by atomic mass is 16.5. The van der Waals surface area contributed by atoms with Crippen LogP contribution in [0.2, 0.25) is 0 Å². The van der Waals surface area contributed by atoms with Gasteiger partial charge in [-0.1, -0.05) is 18.2 Å². The monoisotopic (exact) mass is 263 g/mol. The van der Waals surface area contributed by atoms with E-state index in [9.17, 15) is 9.59 Å². The number of benzene rings is 1. The Morgan fingerprint density at radius 2 is 2.05 bits per heavy atom. The van der Waals surface area contributed by atoms with Gasteiger partial charge < -0.3 is 9.47 Å². The van der Waals surface area contributed by atoms with Crippen LogP contribution in [0.1, 0.15) is 12.0 Å². The van der Waals surface area contributed by atoms with Gasteiger partial charge in [0, 0.05) is 12.8 Å². The van der Waals surface area contributed by atoms with Gasteiger partial charge in [0.05, 0.1) is 7.11 Å². The summed E-state index contributed by atoms with van der Waals surface area (Å²) in [4.78, 5) is 25.5. The van der Waals surface area contributed by atoms with Crippen molar-refractivity contribution in [2.24, 2.45) is 0 Å². The van der Waals surface area contributed by atoms with Gasteiger partial charge in [-0.05, 0) is 24.5 Å².